The van der Waals surface area contributed by atoms with Crippen molar-refractivity contribution in [3.05, 3.63) is 24.8 Å². The molecule has 8 fully saturated rings. The molecular weight excluding hydrogens is 2080 g/mol. The van der Waals surface area contributed by atoms with Crippen LogP contribution >= 0.6 is 0 Å². The third-order valence-corrected chi connectivity index (χ3v) is 23.4. The van der Waals surface area contributed by atoms with Gasteiger partial charge in [-0.3, -0.25) is 14.3 Å². The van der Waals surface area contributed by atoms with E-state index in [1.54, 1.807) is 6.92 Å². The van der Waals surface area contributed by atoms with Crippen LogP contribution in [0.1, 0.15) is 207 Å². The minimum absolute atomic E-state index is 0.000487. The van der Waals surface area contributed by atoms with E-state index in [1.165, 1.54) is 6.92 Å². The van der Waals surface area contributed by atoms with Crippen molar-refractivity contribution in [3.8, 4) is 0 Å². The van der Waals surface area contributed by atoms with Gasteiger partial charge < -0.3 is 91.1 Å². The van der Waals surface area contributed by atoms with Gasteiger partial charge in [-0.15, -0.1) is 13.2 Å². The molecular formula is C89H131F33O24. The Hall–Kier alpha value is -5.59. The maximum Gasteiger partial charge on any atom is 0.522 e. The van der Waals surface area contributed by atoms with Gasteiger partial charge in [0.25, 0.3) is 0 Å². The Kier molecular flexibility index (Phi) is 59.7. The number of ether oxygens (including phenoxy) is 17. The summed E-state index contributed by atoms with van der Waals surface area (Å²) in [4.78, 5) is 46.0. The summed E-state index contributed by atoms with van der Waals surface area (Å²) in [5.74, 6) is -22.4. The van der Waals surface area contributed by atoms with Gasteiger partial charge in [0.15, 0.2) is 0 Å². The van der Waals surface area contributed by atoms with Crippen LogP contribution in [0.4, 0.5) is 145 Å². The second kappa shape index (κ2) is 63.9. The highest BCUT2D eigenvalue weighted by atomic mass is 19.4. The quantitative estimate of drug-likeness (QED) is 0.0221. The van der Waals surface area contributed by atoms with E-state index in [0.717, 1.165) is 44.6 Å². The molecule has 0 radical (unpaired) electrons. The van der Waals surface area contributed by atoms with Crippen LogP contribution < -0.4 is 0 Å². The van der Waals surface area contributed by atoms with Gasteiger partial charge >= 0.3 is 109 Å². The summed E-state index contributed by atoms with van der Waals surface area (Å²) in [5.41, 5.74) is 0.180. The van der Waals surface area contributed by atoms with E-state index < -0.39 is 204 Å². The summed E-state index contributed by atoms with van der Waals surface area (Å²) in [6.45, 7) is 11.2. The van der Waals surface area contributed by atoms with Crippen molar-refractivity contribution in [1.82, 2.24) is 0 Å². The van der Waals surface area contributed by atoms with Crippen LogP contribution in [0.25, 0.3) is 0 Å². The van der Waals surface area contributed by atoms with Crippen LogP contribution in [0, 0.1) is 47.3 Å². The zero-order valence-corrected chi connectivity index (χ0v) is 80.5. The van der Waals surface area contributed by atoms with Gasteiger partial charge in [0.05, 0.1) is 57.8 Å². The van der Waals surface area contributed by atoms with Crippen molar-refractivity contribution in [3.63, 3.8) is 0 Å². The molecule has 1 aliphatic carbocycles. The highest BCUT2D eigenvalue weighted by Crippen LogP contribution is 2.47. The van der Waals surface area contributed by atoms with Gasteiger partial charge in [0.2, 0.25) is 0 Å². The second-order valence-corrected chi connectivity index (χ2v) is 36.1. The van der Waals surface area contributed by atoms with Crippen molar-refractivity contribution in [1.29, 1.82) is 0 Å². The number of carbonyl (C=O) groups is 4. The first-order valence-corrected chi connectivity index (χ1v) is 46.9. The molecule has 8 rings (SSSR count). The third kappa shape index (κ3) is 57.9. The van der Waals surface area contributed by atoms with Crippen molar-refractivity contribution in [2.24, 2.45) is 47.3 Å². The Morgan fingerprint density at radius 3 is 0.877 bits per heavy atom. The summed E-state index contributed by atoms with van der Waals surface area (Å²) in [6.07, 6.45) is -52.2. The normalized spacial score (nSPS) is 20.2. The lowest BCUT2D eigenvalue weighted by molar-refractivity contribution is -0.394. The lowest BCUT2D eigenvalue weighted by Gasteiger charge is -2.30. The standard InChI is InChI=1S/C18H25F7O4.C16H24F4O4.C13H17F5O4.C12H17F7O3.C11H18F4O3.C11H17F3O4.C8H13F3O2/c19-16(20,11-17(21,22)23)18(24,25)28-10-14(9-12-5-7-27-8-6-12)29-15(26)13-3-1-2-4-13;1-4-11(2)14(21)24-13(9-12-5-7-22-8-6-12)10-23-16(19,20)15(3,17)18;1-2-11(19)22-10(7-9-3-5-20-6-4-9)8-21-13(17,18)12(14,15)16;13-10(14,7-11(15,16)17)12(18,19)22-6-9(20)5-8-1-3-21-4-2-8;1-10(12,13)11(14,15)18-7-9(16)6-8-2-4-17-5-3-8;1-8(15)18-10(7-17-11(12,13)14)6-9-2-4-16-5-3-9;9-8(10,11)7(12)5-6-1-3-13-4-2-6/h12-14H,1-11H2;12-13H,2,4-10H2,1,3H3;2,9-10H,1,3-8H2;8-9,20H,1-7H2;8-9,16H,2-7H2,1H3;9-10H,2-7H2,1H3;6-7,12H,1-5H2. The monoisotopic (exact) mass is 2210 g/mol. The minimum Gasteiger partial charge on any atom is -0.460 e. The number of hydrogen-bond donors (Lipinski definition) is 3. The molecule has 7 aliphatic heterocycles. The van der Waals surface area contributed by atoms with E-state index in [-0.39, 0.29) is 105 Å². The fourth-order valence-electron chi connectivity index (χ4n) is 15.0. The van der Waals surface area contributed by atoms with E-state index >= 15 is 0 Å². The number of aliphatic hydroxyl groups excluding tert-OH is 3. The zero-order valence-electron chi connectivity index (χ0n) is 80.5. The van der Waals surface area contributed by atoms with Crippen LogP contribution in [0.5, 0.6) is 0 Å². The number of carbonyl (C=O) groups excluding carboxylic acids is 4. The number of rotatable bonds is 45. The maximum atomic E-state index is 13.7. The van der Waals surface area contributed by atoms with Gasteiger partial charge in [-0.1, -0.05) is 32.9 Å². The molecule has 7 saturated heterocycles. The molecule has 24 nitrogen and oxygen atoms in total. The number of aliphatic hydroxyl groups is 3. The summed E-state index contributed by atoms with van der Waals surface area (Å²) >= 11 is 0. The molecule has 3 N–H and O–H groups in total. The van der Waals surface area contributed by atoms with E-state index in [0.29, 0.717) is 182 Å². The average molecular weight is 2210 g/mol. The first-order chi connectivity index (χ1) is 67.1. The Bertz CT molecular complexity index is 3590. The fraction of sp³-hybridized carbons (Fsp3) is 0.910. The molecule has 7 atom stereocenters. The molecule has 0 aromatic carbocycles. The van der Waals surface area contributed by atoms with Crippen LogP contribution in [-0.4, -0.2) is 299 Å². The van der Waals surface area contributed by atoms with Gasteiger partial charge in [0, 0.05) is 125 Å². The summed E-state index contributed by atoms with van der Waals surface area (Å²) < 4.78 is 493. The smallest absolute Gasteiger partial charge is 0.460 e. The molecule has 7 unspecified atom stereocenters. The van der Waals surface area contributed by atoms with Crippen LogP contribution in [-0.2, 0) is 99.7 Å². The molecule has 0 spiro atoms. The molecule has 0 aromatic rings. The molecule has 0 amide bonds. The van der Waals surface area contributed by atoms with Crippen LogP contribution in [0.3, 0.4) is 0 Å². The van der Waals surface area contributed by atoms with E-state index in [2.05, 4.69) is 41.6 Å². The number of halogens is 33. The molecule has 57 heteroatoms. The van der Waals surface area contributed by atoms with Gasteiger partial charge in [-0.05, 0) is 196 Å². The Labute approximate surface area is 821 Å². The lowest BCUT2D eigenvalue weighted by Crippen LogP contribution is -2.47. The largest absolute Gasteiger partial charge is 0.522 e. The van der Waals surface area contributed by atoms with E-state index in [1.807, 2.05) is 0 Å². The Morgan fingerprint density at radius 1 is 0.342 bits per heavy atom. The molecule has 8 aliphatic rings. The summed E-state index contributed by atoms with van der Waals surface area (Å²) in [7, 11) is 0. The average Bonchev–Trinajstić information content (AvgIpc) is 1.09. The molecule has 0 aromatic heterocycles. The first kappa shape index (κ1) is 136. The predicted molar refractivity (Wildman–Crippen MR) is 443 cm³/mol. The molecule has 146 heavy (non-hydrogen) atoms. The van der Waals surface area contributed by atoms with Gasteiger partial charge in [-0.2, -0.15) is 132 Å². The molecule has 1 saturated carbocycles. The molecule has 862 valence electrons. The SMILES string of the molecule is C=C(CC)C(=O)OC(COC(F)(F)C(C)(F)F)CC1CCOCC1.C=CC(=O)OC(COC(F)(F)C(F)(F)F)CC1CCOCC1.CC(=O)OC(COC(F)(F)F)CC1CCOCC1.CC(F)(F)C(F)(F)OCC(O)CC1CCOCC1.O=C(OC(COC(F)(F)C(F)(F)CC(F)(F)F)CC1CCOCC1)C1CCCC1.OC(CC1CCOCC1)C(F)(F)F.OC(COC(F)(F)C(F)(F)CC(F)(F)F)CC1CCOCC1. The topological polar surface area (TPSA) is 286 Å². The first-order valence-electron chi connectivity index (χ1n) is 46.9. The summed E-state index contributed by atoms with van der Waals surface area (Å²) in [6, 6.07) is 0. The third-order valence-electron chi connectivity index (χ3n) is 23.4. The summed E-state index contributed by atoms with van der Waals surface area (Å²) in [5, 5.41) is 27.8. The van der Waals surface area contributed by atoms with Crippen LogP contribution in [0.2, 0.25) is 0 Å². The fourth-order valence-corrected chi connectivity index (χ4v) is 15.0. The van der Waals surface area contributed by atoms with Crippen molar-refractivity contribution < 1.29 is 260 Å². The van der Waals surface area contributed by atoms with Gasteiger partial charge in [0.1, 0.15) is 43.4 Å². The number of esters is 4. The highest BCUT2D eigenvalue weighted by molar-refractivity contribution is 5.87. The van der Waals surface area contributed by atoms with Crippen molar-refractivity contribution in [2.45, 2.75) is 336 Å². The van der Waals surface area contributed by atoms with E-state index in [9.17, 15) is 174 Å². The predicted octanol–water partition coefficient (Wildman–Crippen LogP) is 21.9. The second-order valence-electron chi connectivity index (χ2n) is 36.1. The maximum absolute atomic E-state index is 13.7. The number of hydrogen-bond acceptors (Lipinski definition) is 24. The van der Waals surface area contributed by atoms with E-state index in [4.69, 9.17) is 57.2 Å². The van der Waals surface area contributed by atoms with Crippen molar-refractivity contribution >= 4 is 23.9 Å². The zero-order chi connectivity index (χ0) is 111. The number of alkyl halides is 33. The Balaban J connectivity index is 0.000000582. The van der Waals surface area contributed by atoms with Gasteiger partial charge in [-0.25, -0.2) is 9.59 Å². The van der Waals surface area contributed by atoms with Crippen LogP contribution in [0.15, 0.2) is 24.8 Å². The molecule has 0 bridgehead atoms. The van der Waals surface area contributed by atoms with Crippen molar-refractivity contribution in [2.75, 3.05) is 132 Å². The molecule has 7 heterocycles. The minimum atomic E-state index is -5.82. The lowest BCUT2D eigenvalue weighted by atomic mass is 9.93. The Morgan fingerprint density at radius 2 is 0.603 bits per heavy atom. The highest BCUT2D eigenvalue weighted by Gasteiger charge is 2.65.